The quantitative estimate of drug-likeness (QED) is 0.726. The highest BCUT2D eigenvalue weighted by molar-refractivity contribution is 6.00. The van der Waals surface area contributed by atoms with Crippen LogP contribution in [0, 0.1) is 19.3 Å². The molecule has 2 aliphatic rings. The van der Waals surface area contributed by atoms with E-state index < -0.39 is 0 Å². The molecule has 92 valence electrons. The lowest BCUT2D eigenvalue weighted by Gasteiger charge is -2.25. The van der Waals surface area contributed by atoms with E-state index in [1.165, 1.54) is 33.4 Å². The minimum atomic E-state index is 0.0374. The maximum absolute atomic E-state index is 6.22. The highest BCUT2D eigenvalue weighted by Crippen LogP contribution is 2.45. The number of nitrogens with two attached hydrogens (primary N) is 1. The second-order valence-electron chi connectivity index (χ2n) is 6.08. The molecule has 2 N–H and O–H groups in total. The molecule has 0 aliphatic heterocycles. The first kappa shape index (κ1) is 11.3. The van der Waals surface area contributed by atoms with Crippen LogP contribution in [0.15, 0.2) is 35.6 Å². The van der Waals surface area contributed by atoms with Gasteiger partial charge in [-0.1, -0.05) is 43.7 Å². The van der Waals surface area contributed by atoms with E-state index in [0.717, 1.165) is 5.70 Å². The molecule has 0 radical (unpaired) electrons. The Morgan fingerprint density at radius 2 is 1.72 bits per heavy atom. The molecule has 0 aromatic heterocycles. The van der Waals surface area contributed by atoms with Crippen LogP contribution in [0.4, 0.5) is 0 Å². The fraction of sp³-hybridized carbons (Fsp3) is 0.294. The van der Waals surface area contributed by atoms with Crippen molar-refractivity contribution in [1.29, 1.82) is 0 Å². The molecule has 0 saturated carbocycles. The minimum absolute atomic E-state index is 0.0374. The number of allylic oxidation sites excluding steroid dienone is 3. The van der Waals surface area contributed by atoms with Gasteiger partial charge in [-0.15, -0.1) is 0 Å². The molecule has 0 amide bonds. The largest absolute Gasteiger partial charge is 0.398 e. The van der Waals surface area contributed by atoms with E-state index in [1.807, 2.05) is 0 Å². The SMILES string of the molecule is Cc1cc(C)c2c(c1)C=C1C(N)=CC(C)(C)C=C12. The Kier molecular flexibility index (Phi) is 2.13. The first-order valence-electron chi connectivity index (χ1n) is 6.43. The molecule has 0 atom stereocenters. The summed E-state index contributed by atoms with van der Waals surface area (Å²) in [6.07, 6.45) is 6.71. The van der Waals surface area contributed by atoms with Crippen LogP contribution >= 0.6 is 0 Å². The number of fused-ring (bicyclic) bond motifs is 3. The fourth-order valence-corrected chi connectivity index (χ4v) is 3.13. The molecular weight excluding hydrogens is 218 g/mol. The zero-order chi connectivity index (χ0) is 13.1. The monoisotopic (exact) mass is 237 g/mol. The lowest BCUT2D eigenvalue weighted by Crippen LogP contribution is -2.15. The zero-order valence-corrected chi connectivity index (χ0v) is 11.5. The molecule has 2 aliphatic carbocycles. The summed E-state index contributed by atoms with van der Waals surface area (Å²) < 4.78 is 0. The Bertz CT molecular complexity index is 640. The minimum Gasteiger partial charge on any atom is -0.398 e. The predicted octanol–water partition coefficient (Wildman–Crippen LogP) is 3.97. The third-order valence-corrected chi connectivity index (χ3v) is 3.72. The summed E-state index contributed by atoms with van der Waals surface area (Å²) in [5.41, 5.74) is 15.0. The van der Waals surface area contributed by atoms with Crippen LogP contribution in [0.1, 0.15) is 36.1 Å². The molecule has 0 spiro atoms. The second-order valence-corrected chi connectivity index (χ2v) is 6.08. The van der Waals surface area contributed by atoms with E-state index >= 15 is 0 Å². The number of hydrogen-bond donors (Lipinski definition) is 1. The van der Waals surface area contributed by atoms with Crippen molar-refractivity contribution in [3.8, 4) is 0 Å². The summed E-state index contributed by atoms with van der Waals surface area (Å²) >= 11 is 0. The molecule has 0 fully saturated rings. The van der Waals surface area contributed by atoms with Gasteiger partial charge in [0.05, 0.1) is 0 Å². The summed E-state index contributed by atoms with van der Waals surface area (Å²) in [7, 11) is 0. The molecule has 18 heavy (non-hydrogen) atoms. The fourth-order valence-electron chi connectivity index (χ4n) is 3.13. The van der Waals surface area contributed by atoms with Crippen molar-refractivity contribution in [2.24, 2.45) is 11.1 Å². The van der Waals surface area contributed by atoms with Crippen molar-refractivity contribution in [2.75, 3.05) is 0 Å². The van der Waals surface area contributed by atoms with E-state index in [1.54, 1.807) is 0 Å². The van der Waals surface area contributed by atoms with Crippen LogP contribution in [-0.4, -0.2) is 0 Å². The molecule has 0 unspecified atom stereocenters. The van der Waals surface area contributed by atoms with Gasteiger partial charge in [0.25, 0.3) is 0 Å². The molecule has 1 aromatic carbocycles. The third-order valence-electron chi connectivity index (χ3n) is 3.72. The number of aryl methyl sites for hydroxylation is 2. The smallest absolute Gasteiger partial charge is 0.0362 e. The first-order valence-corrected chi connectivity index (χ1v) is 6.43. The molecule has 1 heteroatoms. The molecule has 0 bridgehead atoms. The summed E-state index contributed by atoms with van der Waals surface area (Å²) in [6.45, 7) is 8.73. The van der Waals surface area contributed by atoms with Crippen molar-refractivity contribution in [3.05, 3.63) is 57.8 Å². The first-order chi connectivity index (χ1) is 8.37. The van der Waals surface area contributed by atoms with Crippen molar-refractivity contribution in [2.45, 2.75) is 27.7 Å². The molecule has 1 nitrogen and oxygen atoms in total. The summed E-state index contributed by atoms with van der Waals surface area (Å²) in [4.78, 5) is 0. The lowest BCUT2D eigenvalue weighted by atomic mass is 9.80. The summed E-state index contributed by atoms with van der Waals surface area (Å²) in [5.74, 6) is 0. The number of hydrogen-bond acceptors (Lipinski definition) is 1. The van der Waals surface area contributed by atoms with Crippen molar-refractivity contribution >= 4 is 11.6 Å². The highest BCUT2D eigenvalue weighted by atomic mass is 14.6. The maximum Gasteiger partial charge on any atom is 0.0362 e. The number of rotatable bonds is 0. The molecule has 1 aromatic rings. The van der Waals surface area contributed by atoms with Crippen LogP contribution < -0.4 is 5.73 Å². The van der Waals surface area contributed by atoms with Gasteiger partial charge < -0.3 is 5.73 Å². The Balaban J connectivity index is 2.29. The van der Waals surface area contributed by atoms with Crippen molar-refractivity contribution in [3.63, 3.8) is 0 Å². The Morgan fingerprint density at radius 3 is 2.44 bits per heavy atom. The van der Waals surface area contributed by atoms with E-state index in [2.05, 4.69) is 58.1 Å². The Labute approximate surface area is 109 Å². The van der Waals surface area contributed by atoms with Gasteiger partial charge in [0.1, 0.15) is 0 Å². The normalized spacial score (nSPS) is 19.7. The van der Waals surface area contributed by atoms with Crippen LogP contribution in [-0.2, 0) is 0 Å². The molecule has 3 rings (SSSR count). The number of benzene rings is 1. The van der Waals surface area contributed by atoms with E-state index in [9.17, 15) is 0 Å². The van der Waals surface area contributed by atoms with E-state index in [0.29, 0.717) is 0 Å². The second kappa shape index (κ2) is 3.38. The topological polar surface area (TPSA) is 26.0 Å². The van der Waals surface area contributed by atoms with Gasteiger partial charge >= 0.3 is 0 Å². The van der Waals surface area contributed by atoms with Gasteiger partial charge in [-0.25, -0.2) is 0 Å². The lowest BCUT2D eigenvalue weighted by molar-refractivity contribution is 0.618. The van der Waals surface area contributed by atoms with E-state index in [4.69, 9.17) is 5.73 Å². The van der Waals surface area contributed by atoms with Gasteiger partial charge in [0, 0.05) is 16.7 Å². The third kappa shape index (κ3) is 1.54. The van der Waals surface area contributed by atoms with Gasteiger partial charge in [0.15, 0.2) is 0 Å². The van der Waals surface area contributed by atoms with Crippen molar-refractivity contribution < 1.29 is 0 Å². The molecular formula is C17H19N. The zero-order valence-electron chi connectivity index (χ0n) is 11.5. The van der Waals surface area contributed by atoms with Gasteiger partial charge in [-0.2, -0.15) is 0 Å². The Morgan fingerprint density at radius 1 is 1.00 bits per heavy atom. The predicted molar refractivity (Wildman–Crippen MR) is 77.9 cm³/mol. The Hall–Kier alpha value is -1.76. The van der Waals surface area contributed by atoms with Crippen LogP contribution in [0.5, 0.6) is 0 Å². The van der Waals surface area contributed by atoms with Crippen molar-refractivity contribution in [1.82, 2.24) is 0 Å². The van der Waals surface area contributed by atoms with Crippen LogP contribution in [0.3, 0.4) is 0 Å². The van der Waals surface area contributed by atoms with Crippen LogP contribution in [0.2, 0.25) is 0 Å². The highest BCUT2D eigenvalue weighted by Gasteiger charge is 2.29. The standard InChI is InChI=1S/C17H19N/c1-10-5-11(2)16-12(6-10)7-13-14(16)8-17(3,4)9-15(13)18/h5-9H,18H2,1-4H3. The van der Waals surface area contributed by atoms with Gasteiger partial charge in [0.2, 0.25) is 0 Å². The van der Waals surface area contributed by atoms with Crippen LogP contribution in [0.25, 0.3) is 11.6 Å². The van der Waals surface area contributed by atoms with E-state index in [-0.39, 0.29) is 5.41 Å². The molecule has 0 heterocycles. The maximum atomic E-state index is 6.22. The van der Waals surface area contributed by atoms with Gasteiger partial charge in [-0.05, 0) is 42.2 Å². The molecule has 0 saturated heterocycles. The average molecular weight is 237 g/mol. The van der Waals surface area contributed by atoms with Gasteiger partial charge in [-0.3, -0.25) is 0 Å². The summed E-state index contributed by atoms with van der Waals surface area (Å²) in [6, 6.07) is 4.49. The summed E-state index contributed by atoms with van der Waals surface area (Å²) in [5, 5.41) is 0. The average Bonchev–Trinajstić information content (AvgIpc) is 2.54.